The molecule has 0 saturated carbocycles. The number of benzene rings is 1. The maximum Gasteiger partial charge on any atom is 0.191 e. The van der Waals surface area contributed by atoms with Crippen molar-refractivity contribution in [2.45, 2.75) is 32.5 Å². The van der Waals surface area contributed by atoms with E-state index < -0.39 is 5.72 Å². The first-order chi connectivity index (χ1) is 11.1. The summed E-state index contributed by atoms with van der Waals surface area (Å²) in [5.41, 5.74) is 2.50. The van der Waals surface area contributed by atoms with E-state index in [1.165, 1.54) is 5.56 Å². The SMILES string of the molecule is COc1cccc(C2(c3cc(C)ccn3)OCCN2C(C)C)c1. The highest BCUT2D eigenvalue weighted by atomic mass is 16.5. The lowest BCUT2D eigenvalue weighted by atomic mass is 9.95. The Kier molecular flexibility index (Phi) is 4.37. The van der Waals surface area contributed by atoms with Crippen LogP contribution in [0.15, 0.2) is 42.6 Å². The highest BCUT2D eigenvalue weighted by molar-refractivity contribution is 5.39. The normalized spacial score (nSPS) is 21.8. The van der Waals surface area contributed by atoms with Gasteiger partial charge in [-0.05, 0) is 50.6 Å². The van der Waals surface area contributed by atoms with Crippen LogP contribution < -0.4 is 4.74 Å². The number of methoxy groups -OCH3 is 1. The molecule has 1 unspecified atom stereocenters. The molecule has 0 bridgehead atoms. The summed E-state index contributed by atoms with van der Waals surface area (Å²) < 4.78 is 11.8. The van der Waals surface area contributed by atoms with Gasteiger partial charge in [0.2, 0.25) is 0 Å². The molecule has 0 aliphatic carbocycles. The van der Waals surface area contributed by atoms with E-state index in [9.17, 15) is 0 Å². The summed E-state index contributed by atoms with van der Waals surface area (Å²) in [6.45, 7) is 8.04. The van der Waals surface area contributed by atoms with Crippen molar-refractivity contribution in [1.82, 2.24) is 9.88 Å². The van der Waals surface area contributed by atoms with Gasteiger partial charge >= 0.3 is 0 Å². The average Bonchev–Trinajstić information content (AvgIpc) is 3.01. The summed E-state index contributed by atoms with van der Waals surface area (Å²) in [6.07, 6.45) is 1.85. The Labute approximate surface area is 138 Å². The zero-order chi connectivity index (χ0) is 16.4. The summed E-state index contributed by atoms with van der Waals surface area (Å²) in [5.74, 6) is 0.828. The third-order valence-electron chi connectivity index (χ3n) is 4.39. The Hall–Kier alpha value is -1.91. The fourth-order valence-corrected chi connectivity index (χ4v) is 3.33. The lowest BCUT2D eigenvalue weighted by Crippen LogP contribution is -2.47. The molecule has 0 radical (unpaired) electrons. The highest BCUT2D eigenvalue weighted by Gasteiger charge is 2.48. The zero-order valence-electron chi connectivity index (χ0n) is 14.2. The van der Waals surface area contributed by atoms with Crippen LogP contribution in [0.1, 0.15) is 30.7 Å². The van der Waals surface area contributed by atoms with Gasteiger partial charge in [0.1, 0.15) is 5.75 Å². The third-order valence-corrected chi connectivity index (χ3v) is 4.39. The topological polar surface area (TPSA) is 34.6 Å². The number of hydrogen-bond donors (Lipinski definition) is 0. The molecule has 1 aromatic heterocycles. The Morgan fingerprint density at radius 1 is 1.26 bits per heavy atom. The van der Waals surface area contributed by atoms with Gasteiger partial charge < -0.3 is 9.47 Å². The van der Waals surface area contributed by atoms with E-state index in [2.05, 4.69) is 42.8 Å². The predicted molar refractivity (Wildman–Crippen MR) is 90.5 cm³/mol. The third kappa shape index (κ3) is 2.73. The summed E-state index contributed by atoms with van der Waals surface area (Å²) >= 11 is 0. The van der Waals surface area contributed by atoms with Crippen LogP contribution in [-0.4, -0.2) is 36.2 Å². The second-order valence-corrected chi connectivity index (χ2v) is 6.23. The minimum atomic E-state index is -0.658. The van der Waals surface area contributed by atoms with E-state index in [1.54, 1.807) is 7.11 Å². The number of rotatable bonds is 4. The van der Waals surface area contributed by atoms with Gasteiger partial charge in [-0.25, -0.2) is 0 Å². The summed E-state index contributed by atoms with van der Waals surface area (Å²) in [6, 6.07) is 12.6. The number of pyridine rings is 1. The van der Waals surface area contributed by atoms with Gasteiger partial charge in [0, 0.05) is 24.3 Å². The van der Waals surface area contributed by atoms with E-state index in [4.69, 9.17) is 9.47 Å². The van der Waals surface area contributed by atoms with E-state index in [0.717, 1.165) is 23.6 Å². The van der Waals surface area contributed by atoms with E-state index in [0.29, 0.717) is 12.6 Å². The molecule has 0 spiro atoms. The first-order valence-electron chi connectivity index (χ1n) is 8.06. The van der Waals surface area contributed by atoms with Gasteiger partial charge in [-0.3, -0.25) is 9.88 Å². The molecule has 122 valence electrons. The van der Waals surface area contributed by atoms with Gasteiger partial charge in [0.05, 0.1) is 19.4 Å². The molecule has 3 rings (SSSR count). The first kappa shape index (κ1) is 16.0. The van der Waals surface area contributed by atoms with Crippen molar-refractivity contribution in [3.8, 4) is 5.75 Å². The van der Waals surface area contributed by atoms with Crippen LogP contribution in [-0.2, 0) is 10.5 Å². The second kappa shape index (κ2) is 6.30. The van der Waals surface area contributed by atoms with Crippen molar-refractivity contribution in [3.63, 3.8) is 0 Å². The van der Waals surface area contributed by atoms with Crippen LogP contribution in [0.3, 0.4) is 0 Å². The monoisotopic (exact) mass is 312 g/mol. The number of ether oxygens (including phenoxy) is 2. The summed E-state index contributed by atoms with van der Waals surface area (Å²) in [4.78, 5) is 7.02. The maximum absolute atomic E-state index is 6.35. The van der Waals surface area contributed by atoms with Crippen molar-refractivity contribution in [3.05, 3.63) is 59.4 Å². The molecule has 0 N–H and O–H groups in total. The van der Waals surface area contributed by atoms with Crippen molar-refractivity contribution in [1.29, 1.82) is 0 Å². The Morgan fingerprint density at radius 2 is 2.09 bits per heavy atom. The molecule has 1 fully saturated rings. The first-order valence-corrected chi connectivity index (χ1v) is 8.06. The number of nitrogens with zero attached hydrogens (tertiary/aromatic N) is 2. The van der Waals surface area contributed by atoms with E-state index >= 15 is 0 Å². The quantitative estimate of drug-likeness (QED) is 0.867. The number of aryl methyl sites for hydroxylation is 1. The van der Waals surface area contributed by atoms with Crippen LogP contribution in [0.2, 0.25) is 0 Å². The van der Waals surface area contributed by atoms with Crippen LogP contribution in [0, 0.1) is 6.92 Å². The minimum Gasteiger partial charge on any atom is -0.497 e. The Bertz CT molecular complexity index is 687. The molecule has 4 nitrogen and oxygen atoms in total. The maximum atomic E-state index is 6.35. The van der Waals surface area contributed by atoms with Crippen LogP contribution in [0.25, 0.3) is 0 Å². The number of hydrogen-bond acceptors (Lipinski definition) is 4. The second-order valence-electron chi connectivity index (χ2n) is 6.23. The Morgan fingerprint density at radius 3 is 2.78 bits per heavy atom. The van der Waals surface area contributed by atoms with E-state index in [-0.39, 0.29) is 0 Å². The van der Waals surface area contributed by atoms with Crippen LogP contribution >= 0.6 is 0 Å². The van der Waals surface area contributed by atoms with Gasteiger partial charge in [0.15, 0.2) is 5.72 Å². The van der Waals surface area contributed by atoms with Crippen molar-refractivity contribution in [2.75, 3.05) is 20.3 Å². The number of aromatic nitrogens is 1. The van der Waals surface area contributed by atoms with Gasteiger partial charge in [-0.15, -0.1) is 0 Å². The van der Waals surface area contributed by atoms with Crippen molar-refractivity contribution in [2.24, 2.45) is 0 Å². The molecular formula is C19H24N2O2. The lowest BCUT2D eigenvalue weighted by molar-refractivity contribution is -0.0683. The summed E-state index contributed by atoms with van der Waals surface area (Å²) in [5, 5.41) is 0. The molecule has 23 heavy (non-hydrogen) atoms. The molecular weight excluding hydrogens is 288 g/mol. The van der Waals surface area contributed by atoms with Gasteiger partial charge in [0.25, 0.3) is 0 Å². The minimum absolute atomic E-state index is 0.339. The lowest BCUT2D eigenvalue weighted by Gasteiger charge is -2.39. The fourth-order valence-electron chi connectivity index (χ4n) is 3.33. The average molecular weight is 312 g/mol. The Balaban J connectivity index is 2.21. The van der Waals surface area contributed by atoms with Crippen molar-refractivity contribution < 1.29 is 9.47 Å². The van der Waals surface area contributed by atoms with Crippen molar-refractivity contribution >= 4 is 0 Å². The fraction of sp³-hybridized carbons (Fsp3) is 0.421. The molecule has 2 heterocycles. The van der Waals surface area contributed by atoms with Gasteiger partial charge in [-0.1, -0.05) is 12.1 Å². The molecule has 0 amide bonds. The predicted octanol–water partition coefficient (Wildman–Crippen LogP) is 3.34. The van der Waals surface area contributed by atoms with Crippen LogP contribution in [0.5, 0.6) is 5.75 Å². The molecule has 1 aromatic carbocycles. The summed E-state index contributed by atoms with van der Waals surface area (Å²) in [7, 11) is 1.69. The largest absolute Gasteiger partial charge is 0.497 e. The standard InChI is InChI=1S/C19H24N2O2/c1-14(2)21-10-11-23-19(21,18-12-15(3)8-9-20-18)16-6-5-7-17(13-16)22-4/h5-9,12-14H,10-11H2,1-4H3. The molecule has 1 aliphatic rings. The van der Waals surface area contributed by atoms with E-state index in [1.807, 2.05) is 30.5 Å². The van der Waals surface area contributed by atoms with Gasteiger partial charge in [-0.2, -0.15) is 0 Å². The zero-order valence-corrected chi connectivity index (χ0v) is 14.2. The molecule has 1 aliphatic heterocycles. The molecule has 1 atom stereocenters. The molecule has 1 saturated heterocycles. The highest BCUT2D eigenvalue weighted by Crippen LogP contribution is 2.42. The van der Waals surface area contributed by atoms with Crippen LogP contribution in [0.4, 0.5) is 0 Å². The molecule has 2 aromatic rings. The smallest absolute Gasteiger partial charge is 0.191 e. The molecule has 4 heteroatoms.